The molecule has 0 aliphatic carbocycles. The van der Waals surface area contributed by atoms with Gasteiger partial charge in [0.15, 0.2) is 23.0 Å². The molecule has 8 nitrogen and oxygen atoms in total. The van der Waals surface area contributed by atoms with Crippen molar-refractivity contribution in [2.75, 3.05) is 40.3 Å². The number of fused-ring (bicyclic) bond motifs is 1. The number of carbonyl (C=O) groups excluding carboxylic acids is 1. The lowest BCUT2D eigenvalue weighted by molar-refractivity contribution is 0.252. The van der Waals surface area contributed by atoms with Crippen molar-refractivity contribution >= 4 is 22.5 Å². The Morgan fingerprint density at radius 3 is 2.19 bits per heavy atom. The van der Waals surface area contributed by atoms with Crippen LogP contribution in [-0.4, -0.2) is 46.0 Å². The third-order valence-electron chi connectivity index (χ3n) is 5.10. The van der Waals surface area contributed by atoms with Crippen molar-refractivity contribution in [3.05, 3.63) is 47.8 Å². The standard InChI is InChI=1S/C24H29N3O5/c1-6-8-26-24(28)27-18-14-23(32-5)21(30-3)12-16(18)10-19-17-13-22(31-4)20(29-2)11-15(17)7-9-25-19/h7,9,11-14H,6,8,10H2,1-5H3,(H2,26,27,28). The van der Waals surface area contributed by atoms with E-state index >= 15 is 0 Å². The van der Waals surface area contributed by atoms with Crippen molar-refractivity contribution in [3.63, 3.8) is 0 Å². The number of nitrogens with one attached hydrogen (secondary N) is 2. The monoisotopic (exact) mass is 439 g/mol. The second kappa shape index (κ2) is 10.6. The van der Waals surface area contributed by atoms with E-state index in [0.29, 0.717) is 41.7 Å². The number of urea groups is 1. The van der Waals surface area contributed by atoms with E-state index in [-0.39, 0.29) is 6.03 Å². The topological polar surface area (TPSA) is 90.9 Å². The van der Waals surface area contributed by atoms with Crippen LogP contribution in [0, 0.1) is 0 Å². The van der Waals surface area contributed by atoms with Crippen molar-refractivity contribution in [1.82, 2.24) is 10.3 Å². The fourth-order valence-corrected chi connectivity index (χ4v) is 3.47. The first-order chi connectivity index (χ1) is 15.5. The Bertz CT molecular complexity index is 1100. The minimum Gasteiger partial charge on any atom is -0.493 e. The minimum absolute atomic E-state index is 0.280. The molecule has 0 spiro atoms. The summed E-state index contributed by atoms with van der Waals surface area (Å²) in [4.78, 5) is 17.0. The quantitative estimate of drug-likeness (QED) is 0.514. The number of ether oxygens (including phenoxy) is 4. The average Bonchev–Trinajstić information content (AvgIpc) is 2.82. The predicted octanol–water partition coefficient (Wildman–Crippen LogP) is 4.39. The van der Waals surface area contributed by atoms with Gasteiger partial charge in [-0.3, -0.25) is 4.98 Å². The number of hydrogen-bond acceptors (Lipinski definition) is 6. The first-order valence-electron chi connectivity index (χ1n) is 10.3. The molecule has 0 saturated heterocycles. The second-order valence-corrected chi connectivity index (χ2v) is 7.11. The molecule has 170 valence electrons. The number of benzene rings is 2. The maximum absolute atomic E-state index is 12.4. The molecule has 0 unspecified atom stereocenters. The fraction of sp³-hybridized carbons (Fsp3) is 0.333. The molecule has 0 radical (unpaired) electrons. The van der Waals surface area contributed by atoms with Gasteiger partial charge >= 0.3 is 6.03 Å². The van der Waals surface area contributed by atoms with E-state index in [4.69, 9.17) is 18.9 Å². The highest BCUT2D eigenvalue weighted by Crippen LogP contribution is 2.37. The third-order valence-corrected chi connectivity index (χ3v) is 5.10. The predicted molar refractivity (Wildman–Crippen MR) is 125 cm³/mol. The molecule has 2 N–H and O–H groups in total. The van der Waals surface area contributed by atoms with Gasteiger partial charge in [-0.1, -0.05) is 6.92 Å². The van der Waals surface area contributed by atoms with E-state index in [1.807, 2.05) is 31.2 Å². The summed E-state index contributed by atoms with van der Waals surface area (Å²) in [6.45, 7) is 2.58. The summed E-state index contributed by atoms with van der Waals surface area (Å²) in [7, 11) is 6.35. The molecule has 3 aromatic rings. The number of pyridine rings is 1. The van der Waals surface area contributed by atoms with Crippen LogP contribution in [0.25, 0.3) is 10.8 Å². The molecular weight excluding hydrogens is 410 g/mol. The van der Waals surface area contributed by atoms with Gasteiger partial charge in [-0.05, 0) is 41.6 Å². The molecule has 2 amide bonds. The Morgan fingerprint density at radius 2 is 1.53 bits per heavy atom. The van der Waals surface area contributed by atoms with Crippen molar-refractivity contribution < 1.29 is 23.7 Å². The van der Waals surface area contributed by atoms with Crippen LogP contribution in [0.1, 0.15) is 24.6 Å². The zero-order chi connectivity index (χ0) is 23.1. The van der Waals surface area contributed by atoms with Crippen molar-refractivity contribution in [2.45, 2.75) is 19.8 Å². The number of rotatable bonds is 9. The molecule has 1 aromatic heterocycles. The number of amides is 2. The first kappa shape index (κ1) is 23.0. The summed E-state index contributed by atoms with van der Waals surface area (Å²) in [5, 5.41) is 7.66. The van der Waals surface area contributed by atoms with Crippen LogP contribution in [0.3, 0.4) is 0 Å². The lowest BCUT2D eigenvalue weighted by Crippen LogP contribution is -2.29. The smallest absolute Gasteiger partial charge is 0.319 e. The maximum Gasteiger partial charge on any atom is 0.319 e. The Morgan fingerprint density at radius 1 is 0.906 bits per heavy atom. The van der Waals surface area contributed by atoms with Gasteiger partial charge in [0.1, 0.15) is 0 Å². The van der Waals surface area contributed by atoms with E-state index in [1.54, 1.807) is 40.7 Å². The zero-order valence-corrected chi connectivity index (χ0v) is 19.1. The Balaban J connectivity index is 2.06. The summed E-state index contributed by atoms with van der Waals surface area (Å²) >= 11 is 0. The summed E-state index contributed by atoms with van der Waals surface area (Å²) in [5.41, 5.74) is 2.28. The van der Waals surface area contributed by atoms with Crippen LogP contribution in [-0.2, 0) is 6.42 Å². The molecule has 0 aliphatic rings. The van der Waals surface area contributed by atoms with Gasteiger partial charge in [-0.15, -0.1) is 0 Å². The molecular formula is C24H29N3O5. The Labute approximate surface area is 187 Å². The minimum atomic E-state index is -0.280. The van der Waals surface area contributed by atoms with E-state index in [0.717, 1.165) is 28.5 Å². The average molecular weight is 440 g/mol. The van der Waals surface area contributed by atoms with Crippen molar-refractivity contribution in [1.29, 1.82) is 0 Å². The summed E-state index contributed by atoms with van der Waals surface area (Å²) in [5.74, 6) is 2.37. The van der Waals surface area contributed by atoms with Gasteiger partial charge in [-0.25, -0.2) is 4.79 Å². The van der Waals surface area contributed by atoms with Crippen LogP contribution in [0.2, 0.25) is 0 Å². The number of aromatic nitrogens is 1. The maximum atomic E-state index is 12.4. The highest BCUT2D eigenvalue weighted by molar-refractivity contribution is 5.91. The van der Waals surface area contributed by atoms with Gasteiger partial charge in [0.2, 0.25) is 0 Å². The fourth-order valence-electron chi connectivity index (χ4n) is 3.47. The Kier molecular flexibility index (Phi) is 7.59. The normalized spacial score (nSPS) is 10.5. The first-order valence-corrected chi connectivity index (χ1v) is 10.3. The molecule has 1 heterocycles. The number of hydrogen-bond donors (Lipinski definition) is 2. The molecule has 0 aliphatic heterocycles. The van der Waals surface area contributed by atoms with Gasteiger partial charge in [-0.2, -0.15) is 0 Å². The van der Waals surface area contributed by atoms with E-state index in [2.05, 4.69) is 15.6 Å². The lowest BCUT2D eigenvalue weighted by atomic mass is 10.0. The molecule has 0 fully saturated rings. The summed E-state index contributed by atoms with van der Waals surface area (Å²) in [6.07, 6.45) is 3.05. The molecule has 0 saturated carbocycles. The number of carbonyl (C=O) groups is 1. The molecule has 3 rings (SSSR count). The van der Waals surface area contributed by atoms with Gasteiger partial charge < -0.3 is 29.6 Å². The largest absolute Gasteiger partial charge is 0.493 e. The highest BCUT2D eigenvalue weighted by atomic mass is 16.5. The second-order valence-electron chi connectivity index (χ2n) is 7.11. The van der Waals surface area contributed by atoms with Crippen LogP contribution < -0.4 is 29.6 Å². The third kappa shape index (κ3) is 4.96. The lowest BCUT2D eigenvalue weighted by Gasteiger charge is -2.17. The molecule has 0 atom stereocenters. The van der Waals surface area contributed by atoms with Crippen LogP contribution in [0.5, 0.6) is 23.0 Å². The number of methoxy groups -OCH3 is 4. The highest BCUT2D eigenvalue weighted by Gasteiger charge is 2.16. The zero-order valence-electron chi connectivity index (χ0n) is 19.1. The van der Waals surface area contributed by atoms with Crippen LogP contribution >= 0.6 is 0 Å². The van der Waals surface area contributed by atoms with Gasteiger partial charge in [0.25, 0.3) is 0 Å². The van der Waals surface area contributed by atoms with E-state index in [1.165, 1.54) is 0 Å². The van der Waals surface area contributed by atoms with Gasteiger partial charge in [0, 0.05) is 36.3 Å². The van der Waals surface area contributed by atoms with E-state index in [9.17, 15) is 4.79 Å². The Hall–Kier alpha value is -3.68. The molecule has 32 heavy (non-hydrogen) atoms. The van der Waals surface area contributed by atoms with Gasteiger partial charge in [0.05, 0.1) is 34.1 Å². The van der Waals surface area contributed by atoms with Crippen molar-refractivity contribution in [3.8, 4) is 23.0 Å². The van der Waals surface area contributed by atoms with Crippen LogP contribution in [0.15, 0.2) is 36.5 Å². The van der Waals surface area contributed by atoms with E-state index < -0.39 is 0 Å². The molecule has 8 heteroatoms. The number of anilines is 1. The van der Waals surface area contributed by atoms with Crippen molar-refractivity contribution in [2.24, 2.45) is 0 Å². The van der Waals surface area contributed by atoms with Crippen LogP contribution in [0.4, 0.5) is 10.5 Å². The molecule has 2 aromatic carbocycles. The summed E-state index contributed by atoms with van der Waals surface area (Å²) in [6, 6.07) is 9.10. The number of nitrogens with zero attached hydrogens (tertiary/aromatic N) is 1. The summed E-state index contributed by atoms with van der Waals surface area (Å²) < 4.78 is 21.8. The molecule has 0 bridgehead atoms. The SMILES string of the molecule is CCCNC(=O)Nc1cc(OC)c(OC)cc1Cc1nccc2cc(OC)c(OC)cc12.